The molecule has 0 aromatic heterocycles. The maximum absolute atomic E-state index is 13.4. The number of β-amino-alcohol motifs (C(OH)–C–C–N with tert-alkyl or cyclic N) is 1. The molecule has 12 heteroatoms. The summed E-state index contributed by atoms with van der Waals surface area (Å²) < 4.78 is 23.6. The van der Waals surface area contributed by atoms with E-state index in [0.717, 1.165) is 25.3 Å². The van der Waals surface area contributed by atoms with Crippen molar-refractivity contribution in [3.8, 4) is 11.5 Å². The largest absolute Gasteiger partial charge is 0.466 e. The summed E-state index contributed by atoms with van der Waals surface area (Å²) in [5.74, 6) is -1.87. The number of hydrogen-bond acceptors (Lipinski definition) is 8. The second-order valence-electron chi connectivity index (χ2n) is 6.57. The number of nitrogens with zero attached hydrogens (tertiary/aromatic N) is 2. The molecule has 0 bridgehead atoms. The Balaban J connectivity index is 1.97. The molecule has 2 N–H and O–H groups in total. The molecule has 0 radical (unpaired) electrons. The molecule has 32 heavy (non-hydrogen) atoms. The SMILES string of the molecule is COC(=O)C1=C(Nc2cc(Oc3ccc(F)c(Cl)c3)cc([N+](=O)[O-])c2)C(=O)N(CCO)C1. The molecular weight excluding hydrogens is 449 g/mol. The average molecular weight is 466 g/mol. The molecular formula is C20H17ClFN3O7. The number of aliphatic hydroxyl groups excluding tert-OH is 1. The number of nitrogens with one attached hydrogen (secondary N) is 1. The van der Waals surface area contributed by atoms with Crippen LogP contribution in [0, 0.1) is 15.9 Å². The monoisotopic (exact) mass is 465 g/mol. The predicted octanol–water partition coefficient (Wildman–Crippen LogP) is 2.85. The van der Waals surface area contributed by atoms with Gasteiger partial charge in [-0.25, -0.2) is 9.18 Å². The highest BCUT2D eigenvalue weighted by Gasteiger charge is 2.34. The van der Waals surface area contributed by atoms with Gasteiger partial charge in [0.25, 0.3) is 11.6 Å². The number of nitro groups is 1. The quantitative estimate of drug-likeness (QED) is 0.345. The third-order valence-corrected chi connectivity index (χ3v) is 4.74. The van der Waals surface area contributed by atoms with E-state index >= 15 is 0 Å². The van der Waals surface area contributed by atoms with E-state index in [-0.39, 0.29) is 58.9 Å². The lowest BCUT2D eigenvalue weighted by Crippen LogP contribution is -2.31. The molecule has 1 aliphatic rings. The zero-order valence-electron chi connectivity index (χ0n) is 16.6. The first-order valence-corrected chi connectivity index (χ1v) is 9.52. The Kier molecular flexibility index (Phi) is 6.91. The van der Waals surface area contributed by atoms with Crippen molar-refractivity contribution in [1.82, 2.24) is 4.90 Å². The molecule has 2 aromatic rings. The minimum absolute atomic E-state index is 0.00209. The van der Waals surface area contributed by atoms with E-state index in [1.165, 1.54) is 23.1 Å². The first-order chi connectivity index (χ1) is 15.2. The molecule has 0 unspecified atom stereocenters. The second kappa shape index (κ2) is 9.62. The maximum Gasteiger partial charge on any atom is 0.337 e. The van der Waals surface area contributed by atoms with E-state index in [2.05, 4.69) is 5.32 Å². The highest BCUT2D eigenvalue weighted by atomic mass is 35.5. The number of methoxy groups -OCH3 is 1. The van der Waals surface area contributed by atoms with Gasteiger partial charge in [-0.05, 0) is 12.1 Å². The van der Waals surface area contributed by atoms with E-state index in [9.17, 15) is 24.1 Å². The van der Waals surface area contributed by atoms with Crippen LogP contribution < -0.4 is 10.1 Å². The number of nitro benzene ring substituents is 1. The number of hydrogen-bond donors (Lipinski definition) is 2. The van der Waals surface area contributed by atoms with Crippen LogP contribution in [0.1, 0.15) is 0 Å². The molecule has 0 fully saturated rings. The maximum atomic E-state index is 13.4. The van der Waals surface area contributed by atoms with Crippen LogP contribution in [-0.2, 0) is 14.3 Å². The number of amides is 1. The van der Waals surface area contributed by atoms with Gasteiger partial charge in [0.05, 0.1) is 41.8 Å². The molecule has 3 rings (SSSR count). The Labute approximate surface area is 185 Å². The summed E-state index contributed by atoms with van der Waals surface area (Å²) in [6, 6.07) is 7.20. The molecule has 1 amide bonds. The Morgan fingerprint density at radius 3 is 2.69 bits per heavy atom. The van der Waals surface area contributed by atoms with Gasteiger partial charge in [-0.15, -0.1) is 0 Å². The van der Waals surface area contributed by atoms with Gasteiger partial charge in [-0.1, -0.05) is 11.6 Å². The number of anilines is 1. The van der Waals surface area contributed by atoms with Gasteiger partial charge in [-0.3, -0.25) is 14.9 Å². The van der Waals surface area contributed by atoms with Gasteiger partial charge in [0.15, 0.2) is 0 Å². The van der Waals surface area contributed by atoms with E-state index < -0.39 is 22.6 Å². The van der Waals surface area contributed by atoms with E-state index in [1.54, 1.807) is 0 Å². The minimum Gasteiger partial charge on any atom is -0.466 e. The first-order valence-electron chi connectivity index (χ1n) is 9.14. The normalized spacial score (nSPS) is 13.4. The molecule has 10 nitrogen and oxygen atoms in total. The van der Waals surface area contributed by atoms with Crippen LogP contribution in [0.5, 0.6) is 11.5 Å². The van der Waals surface area contributed by atoms with Gasteiger partial charge in [0.2, 0.25) is 0 Å². The van der Waals surface area contributed by atoms with Crippen LogP contribution in [0.2, 0.25) is 5.02 Å². The summed E-state index contributed by atoms with van der Waals surface area (Å²) in [5.41, 5.74) is -0.416. The topological polar surface area (TPSA) is 131 Å². The van der Waals surface area contributed by atoms with Crippen molar-refractivity contribution in [1.29, 1.82) is 0 Å². The summed E-state index contributed by atoms with van der Waals surface area (Å²) in [7, 11) is 1.15. The molecule has 168 valence electrons. The standard InChI is InChI=1S/C20H17ClFN3O7/c1-31-20(28)15-10-24(4-5-26)19(27)18(15)23-11-6-12(25(29)30)8-14(7-11)32-13-2-3-17(22)16(21)9-13/h2-3,6-9,23,26H,4-5,10H2,1H3. The van der Waals surface area contributed by atoms with Gasteiger partial charge >= 0.3 is 5.97 Å². The third-order valence-electron chi connectivity index (χ3n) is 4.45. The lowest BCUT2D eigenvalue weighted by molar-refractivity contribution is -0.384. The summed E-state index contributed by atoms with van der Waals surface area (Å²) in [4.78, 5) is 36.7. The summed E-state index contributed by atoms with van der Waals surface area (Å²) in [5, 5.41) is 23.0. The number of esters is 1. The Hall–Kier alpha value is -3.70. The number of ether oxygens (including phenoxy) is 2. The zero-order chi connectivity index (χ0) is 23.4. The summed E-state index contributed by atoms with van der Waals surface area (Å²) in [6.45, 7) is -0.428. The van der Waals surface area contributed by atoms with E-state index in [0.29, 0.717) is 0 Å². The van der Waals surface area contributed by atoms with Crippen molar-refractivity contribution in [3.63, 3.8) is 0 Å². The molecule has 0 spiro atoms. The van der Waals surface area contributed by atoms with Crippen LogP contribution in [0.25, 0.3) is 0 Å². The molecule has 2 aromatic carbocycles. The van der Waals surface area contributed by atoms with Crippen molar-refractivity contribution in [2.24, 2.45) is 0 Å². The predicted molar refractivity (Wildman–Crippen MR) is 111 cm³/mol. The van der Waals surface area contributed by atoms with Gasteiger partial charge in [-0.2, -0.15) is 0 Å². The lowest BCUT2D eigenvalue weighted by atomic mass is 10.2. The highest BCUT2D eigenvalue weighted by molar-refractivity contribution is 6.30. The van der Waals surface area contributed by atoms with Crippen LogP contribution in [-0.4, -0.2) is 53.6 Å². The summed E-state index contributed by atoms with van der Waals surface area (Å²) in [6.07, 6.45) is 0. The Morgan fingerprint density at radius 2 is 2.06 bits per heavy atom. The fourth-order valence-electron chi connectivity index (χ4n) is 2.99. The van der Waals surface area contributed by atoms with Crippen molar-refractivity contribution in [2.45, 2.75) is 0 Å². The summed E-state index contributed by atoms with van der Waals surface area (Å²) >= 11 is 5.74. The number of carbonyl (C=O) groups is 2. The molecule has 0 atom stereocenters. The van der Waals surface area contributed by atoms with Gasteiger partial charge in [0, 0.05) is 30.4 Å². The fraction of sp³-hybridized carbons (Fsp3) is 0.200. The van der Waals surface area contributed by atoms with Gasteiger partial charge in [0.1, 0.15) is 23.0 Å². The molecule has 1 heterocycles. The molecule has 1 aliphatic heterocycles. The zero-order valence-corrected chi connectivity index (χ0v) is 17.4. The van der Waals surface area contributed by atoms with Crippen molar-refractivity contribution >= 4 is 34.9 Å². The first kappa shape index (κ1) is 23.0. The van der Waals surface area contributed by atoms with Crippen LogP contribution in [0.15, 0.2) is 47.7 Å². The lowest BCUT2D eigenvalue weighted by Gasteiger charge is -2.15. The smallest absolute Gasteiger partial charge is 0.337 e. The highest BCUT2D eigenvalue weighted by Crippen LogP contribution is 2.33. The minimum atomic E-state index is -0.760. The number of non-ortho nitro benzene ring substituents is 1. The van der Waals surface area contributed by atoms with Crippen molar-refractivity contribution in [2.75, 3.05) is 32.1 Å². The Bertz CT molecular complexity index is 1120. The van der Waals surface area contributed by atoms with E-state index in [4.69, 9.17) is 26.2 Å². The number of benzene rings is 2. The Morgan fingerprint density at radius 1 is 1.31 bits per heavy atom. The van der Waals surface area contributed by atoms with Crippen molar-refractivity contribution in [3.05, 3.63) is 68.6 Å². The number of rotatable bonds is 8. The van der Waals surface area contributed by atoms with Crippen LogP contribution >= 0.6 is 11.6 Å². The average Bonchev–Trinajstić information content (AvgIpc) is 3.06. The van der Waals surface area contributed by atoms with Gasteiger partial charge < -0.3 is 24.8 Å². The fourth-order valence-corrected chi connectivity index (χ4v) is 3.16. The molecule has 0 saturated heterocycles. The van der Waals surface area contributed by atoms with Crippen LogP contribution in [0.3, 0.4) is 0 Å². The number of carbonyl (C=O) groups excluding carboxylic acids is 2. The third kappa shape index (κ3) is 4.95. The van der Waals surface area contributed by atoms with Crippen molar-refractivity contribution < 1.29 is 33.5 Å². The molecule has 0 saturated carbocycles. The second-order valence-corrected chi connectivity index (χ2v) is 6.98. The number of aliphatic hydroxyl groups is 1. The number of halogens is 2. The van der Waals surface area contributed by atoms with E-state index in [1.807, 2.05) is 0 Å². The van der Waals surface area contributed by atoms with Crippen LogP contribution in [0.4, 0.5) is 15.8 Å². The molecule has 0 aliphatic carbocycles.